The molecule has 1 fully saturated rings. The van der Waals surface area contributed by atoms with Gasteiger partial charge in [0, 0.05) is 6.26 Å². The molecule has 0 heterocycles. The molecule has 0 aliphatic heterocycles. The summed E-state index contributed by atoms with van der Waals surface area (Å²) in [6.45, 7) is 0. The van der Waals surface area contributed by atoms with Gasteiger partial charge in [-0.1, -0.05) is 15.9 Å². The first-order chi connectivity index (χ1) is 5.27. The van der Waals surface area contributed by atoms with E-state index in [0.29, 0.717) is 0 Å². The Kier molecular flexibility index (Phi) is 3.13. The van der Waals surface area contributed by atoms with E-state index in [9.17, 15) is 13.5 Å². The first-order valence-corrected chi connectivity index (χ1v) is 7.28. The second-order valence-corrected chi connectivity index (χ2v) is 11.0. The van der Waals surface area contributed by atoms with Crippen LogP contribution in [0.15, 0.2) is 0 Å². The highest BCUT2D eigenvalue weighted by Crippen LogP contribution is 2.46. The van der Waals surface area contributed by atoms with Crippen LogP contribution in [0.2, 0.25) is 0 Å². The lowest BCUT2D eigenvalue weighted by Gasteiger charge is -2.24. The number of aliphatic hydroxyl groups is 1. The van der Waals surface area contributed by atoms with E-state index in [0.717, 1.165) is 19.1 Å². The van der Waals surface area contributed by atoms with Crippen LogP contribution in [0.5, 0.6) is 0 Å². The molecule has 3 nitrogen and oxygen atoms in total. The fraction of sp³-hybridized carbons (Fsp3) is 1.00. The zero-order chi connectivity index (χ0) is 9.57. The fourth-order valence-corrected chi connectivity index (χ4v) is 2.42. The topological polar surface area (TPSA) is 54.4 Å². The minimum atomic E-state index is -3.25. The number of hydrogen-bond acceptors (Lipinski definition) is 3. The Morgan fingerprint density at radius 1 is 1.67 bits per heavy atom. The number of alkyl halides is 2. The predicted molar refractivity (Wildman–Crippen MR) is 59.3 cm³/mol. The van der Waals surface area contributed by atoms with Crippen LogP contribution in [0, 0.1) is 5.92 Å². The second kappa shape index (κ2) is 3.36. The molecule has 1 rings (SSSR count). The zero-order valence-corrected chi connectivity index (χ0v) is 11.1. The van der Waals surface area contributed by atoms with Gasteiger partial charge in [-0.15, -0.1) is 0 Å². The lowest BCUT2D eigenvalue weighted by Crippen LogP contribution is -2.38. The Morgan fingerprint density at radius 3 is 2.33 bits per heavy atom. The number of halogens is 2. The van der Waals surface area contributed by atoms with Crippen molar-refractivity contribution in [2.45, 2.75) is 20.6 Å². The Balaban J connectivity index is 2.83. The van der Waals surface area contributed by atoms with Crippen molar-refractivity contribution in [3.63, 3.8) is 0 Å². The minimum absolute atomic E-state index is 0.149. The highest BCUT2D eigenvalue weighted by Gasteiger charge is 2.49. The van der Waals surface area contributed by atoms with E-state index in [1.54, 1.807) is 22.6 Å². The first-order valence-electron chi connectivity index (χ1n) is 3.52. The molecule has 2 atom stereocenters. The largest absolute Gasteiger partial charge is 0.389 e. The minimum Gasteiger partial charge on any atom is -0.389 e. The Bertz CT molecular complexity index is 271. The maximum atomic E-state index is 11.2. The van der Waals surface area contributed by atoms with Gasteiger partial charge < -0.3 is 5.11 Å². The van der Waals surface area contributed by atoms with E-state index in [2.05, 4.69) is 15.9 Å². The average Bonchev–Trinajstić information content (AvgIpc) is 2.64. The third-order valence-electron chi connectivity index (χ3n) is 1.91. The lowest BCUT2D eigenvalue weighted by atomic mass is 10.3. The maximum Gasteiger partial charge on any atom is 0.202 e. The zero-order valence-electron chi connectivity index (χ0n) is 6.50. The van der Waals surface area contributed by atoms with Crippen molar-refractivity contribution in [1.29, 1.82) is 0 Å². The van der Waals surface area contributed by atoms with Gasteiger partial charge in [0.2, 0.25) is 1.66 Å². The maximum absolute atomic E-state index is 11.2. The first kappa shape index (κ1) is 11.2. The monoisotopic (exact) mass is 368 g/mol. The summed E-state index contributed by atoms with van der Waals surface area (Å²) in [7, 11) is -3.25. The van der Waals surface area contributed by atoms with Crippen LogP contribution >= 0.6 is 38.5 Å². The van der Waals surface area contributed by atoms with Crippen LogP contribution in [0.4, 0.5) is 0 Å². The smallest absolute Gasteiger partial charge is 0.202 e. The number of sulfone groups is 1. The molecule has 1 N–H and O–H groups in total. The predicted octanol–water partition coefficient (Wildman–Crippen LogP) is 1.29. The van der Waals surface area contributed by atoms with Crippen molar-refractivity contribution in [2.75, 3.05) is 6.26 Å². The molecular formula is C6H10BrIO3S. The van der Waals surface area contributed by atoms with Crippen molar-refractivity contribution in [2.24, 2.45) is 5.92 Å². The van der Waals surface area contributed by atoms with Gasteiger partial charge in [-0.25, -0.2) is 8.42 Å². The molecule has 0 amide bonds. The average molecular weight is 369 g/mol. The van der Waals surface area contributed by atoms with E-state index in [1.165, 1.54) is 0 Å². The Morgan fingerprint density at radius 2 is 2.08 bits per heavy atom. The fourth-order valence-electron chi connectivity index (χ4n) is 0.906. The second-order valence-electron chi connectivity index (χ2n) is 3.12. The molecule has 1 saturated carbocycles. The molecule has 0 radical (unpaired) electrons. The van der Waals surface area contributed by atoms with Crippen molar-refractivity contribution in [3.05, 3.63) is 0 Å². The third-order valence-corrected chi connectivity index (χ3v) is 8.41. The van der Waals surface area contributed by atoms with Gasteiger partial charge in [-0.05, 0) is 41.4 Å². The highest BCUT2D eigenvalue weighted by atomic mass is 127. The summed E-state index contributed by atoms with van der Waals surface area (Å²) in [5.41, 5.74) is 0. The summed E-state index contributed by atoms with van der Waals surface area (Å²) < 4.78 is 21.2. The number of hydrogen-bond donors (Lipinski definition) is 1. The number of aliphatic hydroxyl groups excluding tert-OH is 1. The van der Waals surface area contributed by atoms with Crippen LogP contribution in [-0.4, -0.2) is 27.5 Å². The highest BCUT2D eigenvalue weighted by molar-refractivity contribution is 14.1. The summed E-state index contributed by atoms with van der Waals surface area (Å²) in [6.07, 6.45) is 2.17. The van der Waals surface area contributed by atoms with Crippen molar-refractivity contribution in [1.82, 2.24) is 0 Å². The Labute approximate surface area is 94.1 Å². The quantitative estimate of drug-likeness (QED) is 0.603. The molecule has 1 aliphatic rings. The SMILES string of the molecule is CS(=O)(=O)C(Br)(I)C(O)C1CC1. The van der Waals surface area contributed by atoms with E-state index in [1.807, 2.05) is 0 Å². The van der Waals surface area contributed by atoms with Gasteiger partial charge in [0.05, 0.1) is 6.10 Å². The van der Waals surface area contributed by atoms with Crippen LogP contribution < -0.4 is 0 Å². The van der Waals surface area contributed by atoms with Gasteiger partial charge in [0.15, 0.2) is 9.84 Å². The molecule has 72 valence electrons. The molecule has 2 unspecified atom stereocenters. The molecule has 0 aromatic carbocycles. The van der Waals surface area contributed by atoms with E-state index < -0.39 is 17.6 Å². The summed E-state index contributed by atoms with van der Waals surface area (Å²) in [5, 5.41) is 9.62. The molecule has 0 aromatic heterocycles. The van der Waals surface area contributed by atoms with Crippen LogP contribution in [0.1, 0.15) is 12.8 Å². The number of rotatable bonds is 3. The molecular weight excluding hydrogens is 359 g/mol. The summed E-state index contributed by atoms with van der Waals surface area (Å²) >= 11 is 4.80. The van der Waals surface area contributed by atoms with Crippen molar-refractivity contribution < 1.29 is 13.5 Å². The van der Waals surface area contributed by atoms with Gasteiger partial charge in [0.25, 0.3) is 0 Å². The van der Waals surface area contributed by atoms with Gasteiger partial charge in [-0.2, -0.15) is 0 Å². The van der Waals surface area contributed by atoms with Crippen LogP contribution in [0.25, 0.3) is 0 Å². The summed E-state index contributed by atoms with van der Waals surface area (Å²) in [6, 6.07) is 0. The van der Waals surface area contributed by atoms with E-state index >= 15 is 0 Å². The van der Waals surface area contributed by atoms with Gasteiger partial charge >= 0.3 is 0 Å². The van der Waals surface area contributed by atoms with Gasteiger partial charge in [-0.3, -0.25) is 0 Å². The van der Waals surface area contributed by atoms with E-state index in [4.69, 9.17) is 0 Å². The van der Waals surface area contributed by atoms with Crippen molar-refractivity contribution in [3.8, 4) is 0 Å². The Hall–Kier alpha value is 1.12. The molecule has 0 saturated heterocycles. The molecule has 6 heteroatoms. The molecule has 0 spiro atoms. The van der Waals surface area contributed by atoms with Crippen LogP contribution in [-0.2, 0) is 9.84 Å². The molecule has 0 bridgehead atoms. The summed E-state index contributed by atoms with van der Waals surface area (Å²) in [4.78, 5) is 0. The summed E-state index contributed by atoms with van der Waals surface area (Å²) in [5.74, 6) is 0.149. The standard InChI is InChI=1S/C6H10BrIO3S/c1-12(10,11)6(7,8)5(9)4-2-3-4/h4-5,9H,2-3H2,1H3. The lowest BCUT2D eigenvalue weighted by molar-refractivity contribution is 0.164. The van der Waals surface area contributed by atoms with Crippen LogP contribution in [0.3, 0.4) is 0 Å². The third kappa shape index (κ3) is 2.13. The molecule has 1 aliphatic carbocycles. The van der Waals surface area contributed by atoms with E-state index in [-0.39, 0.29) is 5.92 Å². The molecule has 0 aromatic rings. The molecule has 12 heavy (non-hydrogen) atoms. The normalized spacial score (nSPS) is 26.3. The van der Waals surface area contributed by atoms with Gasteiger partial charge in [0.1, 0.15) is 0 Å². The van der Waals surface area contributed by atoms with Crippen molar-refractivity contribution >= 4 is 48.4 Å².